The molecule has 0 spiro atoms. The van der Waals surface area contributed by atoms with Gasteiger partial charge in [0.15, 0.2) is 5.58 Å². The lowest BCUT2D eigenvalue weighted by atomic mass is 10.2. The first kappa shape index (κ1) is 11.6. The van der Waals surface area contributed by atoms with Crippen molar-refractivity contribution < 1.29 is 13.6 Å². The van der Waals surface area contributed by atoms with Crippen LogP contribution in [-0.2, 0) is 7.05 Å². The van der Waals surface area contributed by atoms with Crippen molar-refractivity contribution in [2.75, 3.05) is 6.61 Å². The summed E-state index contributed by atoms with van der Waals surface area (Å²) >= 11 is 0. The number of nitrogens with zero attached hydrogens (tertiary/aromatic N) is 2. The number of aryl methyl sites for hydroxylation is 1. The largest absolute Gasteiger partial charge is 0.464 e. The van der Waals surface area contributed by atoms with Crippen LogP contribution in [0.3, 0.4) is 0 Å². The summed E-state index contributed by atoms with van der Waals surface area (Å²) in [5.41, 5.74) is 1.99. The minimum Gasteiger partial charge on any atom is -0.464 e. The molecule has 0 saturated carbocycles. The van der Waals surface area contributed by atoms with Gasteiger partial charge in [-0.25, -0.2) is 9.78 Å². The summed E-state index contributed by atoms with van der Waals surface area (Å²) in [6.07, 6.45) is 1.53. The number of fused-ring (bicyclic) bond motifs is 1. The second-order valence-corrected chi connectivity index (χ2v) is 4.03. The van der Waals surface area contributed by atoms with Gasteiger partial charge in [-0.3, -0.25) is 4.57 Å². The first-order valence-corrected chi connectivity index (χ1v) is 5.87. The molecule has 19 heavy (non-hydrogen) atoms. The van der Waals surface area contributed by atoms with Crippen LogP contribution in [0, 0.1) is 0 Å². The lowest BCUT2D eigenvalue weighted by molar-refractivity contribution is 0.260. The van der Waals surface area contributed by atoms with Crippen LogP contribution in [0.1, 0.15) is 6.92 Å². The zero-order valence-electron chi connectivity index (χ0n) is 10.5. The smallest absolute Gasteiger partial charge is 0.419 e. The highest BCUT2D eigenvalue weighted by atomic mass is 16.6. The van der Waals surface area contributed by atoms with Crippen LogP contribution in [0.5, 0.6) is 5.95 Å². The van der Waals surface area contributed by atoms with Crippen LogP contribution in [0.25, 0.3) is 22.6 Å². The third-order valence-corrected chi connectivity index (χ3v) is 2.81. The molecule has 0 aliphatic rings. The first-order chi connectivity index (χ1) is 9.19. The van der Waals surface area contributed by atoms with E-state index < -0.39 is 5.76 Å². The molecule has 0 unspecified atom stereocenters. The van der Waals surface area contributed by atoms with Crippen molar-refractivity contribution in [2.24, 2.45) is 7.05 Å². The minimum atomic E-state index is -0.394. The summed E-state index contributed by atoms with van der Waals surface area (Å²) in [5, 5.41) is 0. The van der Waals surface area contributed by atoms with Gasteiger partial charge in [0.2, 0.25) is 5.89 Å². The zero-order chi connectivity index (χ0) is 13.4. The predicted octanol–water partition coefficient (Wildman–Crippen LogP) is 2.19. The molecule has 98 valence electrons. The molecule has 0 saturated heterocycles. The van der Waals surface area contributed by atoms with Gasteiger partial charge >= 0.3 is 11.7 Å². The van der Waals surface area contributed by atoms with E-state index in [1.807, 2.05) is 6.92 Å². The lowest BCUT2D eigenvalue weighted by Gasteiger charge is -1.97. The van der Waals surface area contributed by atoms with Crippen LogP contribution < -0.4 is 10.5 Å². The van der Waals surface area contributed by atoms with E-state index in [0.29, 0.717) is 29.5 Å². The van der Waals surface area contributed by atoms with Gasteiger partial charge in [0.05, 0.1) is 12.1 Å². The Morgan fingerprint density at radius 1 is 1.37 bits per heavy atom. The molecule has 1 aromatic carbocycles. The maximum atomic E-state index is 11.4. The predicted molar refractivity (Wildman–Crippen MR) is 68.1 cm³/mol. The van der Waals surface area contributed by atoms with E-state index in [4.69, 9.17) is 13.6 Å². The van der Waals surface area contributed by atoms with E-state index >= 15 is 0 Å². The van der Waals surface area contributed by atoms with E-state index in [0.717, 1.165) is 5.56 Å². The Kier molecular flexibility index (Phi) is 2.63. The number of hydrogen-bond acceptors (Lipinski definition) is 5. The zero-order valence-corrected chi connectivity index (χ0v) is 10.5. The van der Waals surface area contributed by atoms with Crippen molar-refractivity contribution in [3.8, 4) is 17.4 Å². The molecule has 0 fully saturated rings. The Hall–Kier alpha value is -2.50. The summed E-state index contributed by atoms with van der Waals surface area (Å²) in [6, 6.07) is 5.30. The third-order valence-electron chi connectivity index (χ3n) is 2.81. The van der Waals surface area contributed by atoms with E-state index in [1.54, 1.807) is 25.2 Å². The number of rotatable bonds is 3. The highest BCUT2D eigenvalue weighted by Gasteiger charge is 2.11. The molecule has 2 heterocycles. The Bertz CT molecular complexity index is 781. The molecular weight excluding hydrogens is 248 g/mol. The average molecular weight is 260 g/mol. The van der Waals surface area contributed by atoms with Crippen molar-refractivity contribution in [3.05, 3.63) is 34.9 Å². The molecule has 0 aliphatic carbocycles. The average Bonchev–Trinajstić information content (AvgIpc) is 2.97. The lowest BCUT2D eigenvalue weighted by Crippen LogP contribution is -2.08. The third kappa shape index (κ3) is 1.91. The second-order valence-electron chi connectivity index (χ2n) is 4.03. The number of oxazole rings is 2. The molecule has 0 atom stereocenters. The van der Waals surface area contributed by atoms with Gasteiger partial charge in [0.1, 0.15) is 6.20 Å². The van der Waals surface area contributed by atoms with Gasteiger partial charge in [-0.05, 0) is 25.1 Å². The van der Waals surface area contributed by atoms with Crippen LogP contribution in [0.2, 0.25) is 0 Å². The van der Waals surface area contributed by atoms with Crippen molar-refractivity contribution in [2.45, 2.75) is 6.92 Å². The van der Waals surface area contributed by atoms with Crippen molar-refractivity contribution in [3.63, 3.8) is 0 Å². The van der Waals surface area contributed by atoms with Crippen LogP contribution in [0.4, 0.5) is 0 Å². The maximum Gasteiger partial charge on any atom is 0.419 e. The summed E-state index contributed by atoms with van der Waals surface area (Å²) in [4.78, 5) is 15.6. The van der Waals surface area contributed by atoms with Gasteiger partial charge in [-0.1, -0.05) is 0 Å². The SMILES string of the molecule is CCOc1cnc(-c2ccc3oc(=O)n(C)c3c2)o1. The molecule has 3 rings (SSSR count). The Morgan fingerprint density at radius 3 is 3.00 bits per heavy atom. The molecule has 0 radical (unpaired) electrons. The highest BCUT2D eigenvalue weighted by Crippen LogP contribution is 2.26. The highest BCUT2D eigenvalue weighted by molar-refractivity contribution is 5.78. The van der Waals surface area contributed by atoms with E-state index in [9.17, 15) is 4.79 Å². The standard InChI is InChI=1S/C13H12N2O4/c1-3-17-11-7-14-12(19-11)8-4-5-10-9(6-8)15(2)13(16)18-10/h4-7H,3H2,1-2H3. The van der Waals surface area contributed by atoms with E-state index in [2.05, 4.69) is 4.98 Å². The molecule has 0 N–H and O–H groups in total. The number of aromatic nitrogens is 2. The van der Waals surface area contributed by atoms with Gasteiger partial charge in [-0.2, -0.15) is 0 Å². The second kappa shape index (κ2) is 4.31. The first-order valence-electron chi connectivity index (χ1n) is 5.87. The molecule has 0 aliphatic heterocycles. The molecule has 0 bridgehead atoms. The van der Waals surface area contributed by atoms with Crippen molar-refractivity contribution in [1.82, 2.24) is 9.55 Å². The molecule has 6 heteroatoms. The fraction of sp³-hybridized carbons (Fsp3) is 0.231. The number of benzene rings is 1. The van der Waals surface area contributed by atoms with Crippen molar-refractivity contribution >= 4 is 11.1 Å². The number of ether oxygens (including phenoxy) is 1. The molecule has 6 nitrogen and oxygen atoms in total. The Labute approximate surface area is 108 Å². The molecule has 2 aromatic heterocycles. The fourth-order valence-corrected chi connectivity index (χ4v) is 1.86. The van der Waals surface area contributed by atoms with Gasteiger partial charge in [-0.15, -0.1) is 0 Å². The monoisotopic (exact) mass is 260 g/mol. The summed E-state index contributed by atoms with van der Waals surface area (Å²) in [6.45, 7) is 2.39. The van der Waals surface area contributed by atoms with Gasteiger partial charge in [0.25, 0.3) is 0 Å². The van der Waals surface area contributed by atoms with Crippen LogP contribution in [-0.4, -0.2) is 16.2 Å². The summed E-state index contributed by atoms with van der Waals surface area (Å²) < 4.78 is 17.2. The topological polar surface area (TPSA) is 70.4 Å². The van der Waals surface area contributed by atoms with Gasteiger partial charge < -0.3 is 13.6 Å². The summed E-state index contributed by atoms with van der Waals surface area (Å²) in [7, 11) is 1.65. The fourth-order valence-electron chi connectivity index (χ4n) is 1.86. The van der Waals surface area contributed by atoms with Gasteiger partial charge in [0, 0.05) is 12.6 Å². The Morgan fingerprint density at radius 2 is 2.21 bits per heavy atom. The van der Waals surface area contributed by atoms with Crippen molar-refractivity contribution in [1.29, 1.82) is 0 Å². The van der Waals surface area contributed by atoms with Crippen LogP contribution >= 0.6 is 0 Å². The minimum absolute atomic E-state index is 0.374. The molecule has 0 amide bonds. The molecule has 3 aromatic rings. The number of hydrogen-bond donors (Lipinski definition) is 0. The van der Waals surface area contributed by atoms with E-state index in [1.165, 1.54) is 10.8 Å². The van der Waals surface area contributed by atoms with Crippen LogP contribution in [0.15, 0.2) is 38.0 Å². The normalized spacial score (nSPS) is 11.1. The Balaban J connectivity index is 2.08. The van der Waals surface area contributed by atoms with E-state index in [-0.39, 0.29) is 0 Å². The summed E-state index contributed by atoms with van der Waals surface area (Å²) in [5.74, 6) is 0.423. The maximum absolute atomic E-state index is 11.4. The quantitative estimate of drug-likeness (QED) is 0.721. The molecular formula is C13H12N2O4.